The van der Waals surface area contributed by atoms with Crippen LogP contribution in [0.2, 0.25) is 25.7 Å². The first-order valence-electron chi connectivity index (χ1n) is 5.30. The van der Waals surface area contributed by atoms with E-state index in [1.807, 2.05) is 19.6 Å². The maximum Gasteiger partial charge on any atom is 0.475 e. The molecule has 92 valence electrons. The van der Waals surface area contributed by atoms with Crippen LogP contribution >= 0.6 is 0 Å². The van der Waals surface area contributed by atoms with Crippen molar-refractivity contribution in [1.29, 1.82) is 0 Å². The molecule has 0 atom stereocenters. The van der Waals surface area contributed by atoms with Crippen LogP contribution in [-0.2, 0) is 20.6 Å². The normalized spacial score (nSPS) is 41.2. The maximum atomic E-state index is 5.92. The summed E-state index contributed by atoms with van der Waals surface area (Å²) >= 11 is 0. The van der Waals surface area contributed by atoms with E-state index in [0.29, 0.717) is 6.54 Å². The van der Waals surface area contributed by atoms with E-state index in [0.717, 1.165) is 12.5 Å². The highest BCUT2D eigenvalue weighted by Crippen LogP contribution is 2.35. The quantitative estimate of drug-likeness (QED) is 0.749. The summed E-state index contributed by atoms with van der Waals surface area (Å²) < 4.78 is 29.2. The summed E-state index contributed by atoms with van der Waals surface area (Å²) in [4.78, 5) is 0. The van der Waals surface area contributed by atoms with Crippen molar-refractivity contribution in [2.75, 3.05) is 6.54 Å². The minimum Gasteiger partial charge on any atom is -0.394 e. The van der Waals surface area contributed by atoms with Crippen LogP contribution in [0.5, 0.6) is 0 Å². The molecule has 2 N–H and O–H groups in total. The van der Waals surface area contributed by atoms with Gasteiger partial charge in [-0.05, 0) is 26.1 Å². The standard InChI is InChI=1S/C6H17NO5Si4/c1-13-8-15(3)9-14(2)11-16(10-13,12-15)6-4-5-7/h4-7H2,1-3H3. The fraction of sp³-hybridized carbons (Fsp3) is 1.00. The van der Waals surface area contributed by atoms with Crippen molar-refractivity contribution in [2.45, 2.75) is 32.1 Å². The zero-order chi connectivity index (χ0) is 11.8. The third kappa shape index (κ3) is 2.72. The zero-order valence-corrected chi connectivity index (χ0v) is 13.7. The van der Waals surface area contributed by atoms with Gasteiger partial charge in [0.15, 0.2) is 0 Å². The Balaban J connectivity index is 2.14. The average Bonchev–Trinajstić information content (AvgIpc) is 2.10. The lowest BCUT2D eigenvalue weighted by molar-refractivity contribution is 0.0904. The van der Waals surface area contributed by atoms with Crippen molar-refractivity contribution in [3.05, 3.63) is 0 Å². The third-order valence-corrected chi connectivity index (χ3v) is 16.0. The van der Waals surface area contributed by atoms with Crippen molar-refractivity contribution in [2.24, 2.45) is 5.73 Å². The van der Waals surface area contributed by atoms with Gasteiger partial charge in [-0.2, -0.15) is 0 Å². The van der Waals surface area contributed by atoms with Gasteiger partial charge in [-0.15, -0.1) is 0 Å². The molecule has 16 heavy (non-hydrogen) atoms. The predicted molar refractivity (Wildman–Crippen MR) is 64.5 cm³/mol. The summed E-state index contributed by atoms with van der Waals surface area (Å²) in [5, 5.41) is 0. The SMILES string of the molecule is C[Si]1O[Si]2(C)O[Si](C)O[Si](CCCN)(O1)O2. The van der Waals surface area contributed by atoms with Crippen LogP contribution in [0.4, 0.5) is 0 Å². The summed E-state index contributed by atoms with van der Waals surface area (Å²) in [6.45, 7) is 6.48. The first kappa shape index (κ1) is 13.1. The Bertz CT molecular complexity index is 255. The lowest BCUT2D eigenvalue weighted by Crippen LogP contribution is -2.72. The van der Waals surface area contributed by atoms with Crippen LogP contribution in [0.15, 0.2) is 0 Å². The maximum absolute atomic E-state index is 5.92. The topological polar surface area (TPSA) is 72.2 Å². The van der Waals surface area contributed by atoms with Gasteiger partial charge in [0.25, 0.3) is 0 Å². The largest absolute Gasteiger partial charge is 0.475 e. The van der Waals surface area contributed by atoms with Gasteiger partial charge in [-0.3, -0.25) is 0 Å². The molecule has 2 aliphatic heterocycles. The summed E-state index contributed by atoms with van der Waals surface area (Å²) in [6.07, 6.45) is 0.862. The summed E-state index contributed by atoms with van der Waals surface area (Å²) in [6, 6.07) is 0.781. The number of rotatable bonds is 3. The monoisotopic (exact) mass is 295 g/mol. The molecule has 2 bridgehead atoms. The predicted octanol–water partition coefficient (Wildman–Crippen LogP) is 0.189. The molecule has 0 aliphatic carbocycles. The molecular weight excluding hydrogens is 278 g/mol. The van der Waals surface area contributed by atoms with Crippen LogP contribution in [0.1, 0.15) is 6.42 Å². The highest BCUT2D eigenvalue weighted by molar-refractivity contribution is 6.90. The van der Waals surface area contributed by atoms with E-state index >= 15 is 0 Å². The highest BCUT2D eigenvalue weighted by Gasteiger charge is 2.62. The average molecular weight is 296 g/mol. The Morgan fingerprint density at radius 3 is 2.12 bits per heavy atom. The fourth-order valence-corrected chi connectivity index (χ4v) is 18.0. The van der Waals surface area contributed by atoms with Crippen molar-refractivity contribution in [1.82, 2.24) is 0 Å². The molecule has 0 aromatic rings. The van der Waals surface area contributed by atoms with E-state index in [4.69, 9.17) is 26.3 Å². The van der Waals surface area contributed by atoms with E-state index in [2.05, 4.69) is 0 Å². The second-order valence-corrected chi connectivity index (χ2v) is 13.6. The molecular formula is C6H17NO5Si4. The summed E-state index contributed by atoms with van der Waals surface area (Å²) in [5.41, 5.74) is 5.54. The van der Waals surface area contributed by atoms with E-state index in [-0.39, 0.29) is 0 Å². The van der Waals surface area contributed by atoms with Gasteiger partial charge in [-0.25, -0.2) is 0 Å². The van der Waals surface area contributed by atoms with Crippen molar-refractivity contribution >= 4 is 36.2 Å². The second-order valence-electron chi connectivity index (χ2n) is 3.93. The number of nitrogens with two attached hydrogens (primary N) is 1. The van der Waals surface area contributed by atoms with Crippen molar-refractivity contribution in [3.63, 3.8) is 0 Å². The summed E-state index contributed by atoms with van der Waals surface area (Å²) in [7, 11) is -7.59. The van der Waals surface area contributed by atoms with Crippen LogP contribution in [0, 0.1) is 0 Å². The van der Waals surface area contributed by atoms with Crippen LogP contribution in [0.3, 0.4) is 0 Å². The number of hydrogen-bond acceptors (Lipinski definition) is 6. The fourth-order valence-electron chi connectivity index (χ4n) is 1.88. The molecule has 0 spiro atoms. The molecule has 0 unspecified atom stereocenters. The van der Waals surface area contributed by atoms with E-state index in [9.17, 15) is 0 Å². The first-order chi connectivity index (χ1) is 7.47. The van der Waals surface area contributed by atoms with Gasteiger partial charge in [-0.1, -0.05) is 0 Å². The molecule has 2 rings (SSSR count). The molecule has 2 fully saturated rings. The zero-order valence-electron chi connectivity index (χ0n) is 9.74. The Morgan fingerprint density at radius 1 is 1.06 bits per heavy atom. The van der Waals surface area contributed by atoms with Crippen molar-refractivity contribution in [3.8, 4) is 0 Å². The van der Waals surface area contributed by atoms with E-state index < -0.39 is 36.2 Å². The molecule has 6 nitrogen and oxygen atoms in total. The van der Waals surface area contributed by atoms with Crippen LogP contribution < -0.4 is 5.73 Å². The van der Waals surface area contributed by atoms with E-state index in [1.165, 1.54) is 0 Å². The summed E-state index contributed by atoms with van der Waals surface area (Å²) in [5.74, 6) is 0. The van der Waals surface area contributed by atoms with Crippen molar-refractivity contribution < 1.29 is 20.6 Å². The lowest BCUT2D eigenvalue weighted by Gasteiger charge is -2.49. The highest BCUT2D eigenvalue weighted by atomic mass is 28.6. The van der Waals surface area contributed by atoms with Crippen LogP contribution in [0.25, 0.3) is 0 Å². The Labute approximate surface area is 101 Å². The van der Waals surface area contributed by atoms with Crippen LogP contribution in [-0.4, -0.2) is 42.7 Å². The molecule has 0 aromatic carbocycles. The van der Waals surface area contributed by atoms with E-state index in [1.54, 1.807) is 0 Å². The van der Waals surface area contributed by atoms with Gasteiger partial charge in [0.1, 0.15) is 0 Å². The van der Waals surface area contributed by atoms with Gasteiger partial charge >= 0.3 is 36.2 Å². The van der Waals surface area contributed by atoms with Gasteiger partial charge in [0.05, 0.1) is 0 Å². The van der Waals surface area contributed by atoms with Gasteiger partial charge in [0.2, 0.25) is 0 Å². The first-order valence-corrected chi connectivity index (χ1v) is 13.1. The van der Waals surface area contributed by atoms with Gasteiger partial charge < -0.3 is 26.3 Å². The Kier molecular flexibility index (Phi) is 3.85. The van der Waals surface area contributed by atoms with Gasteiger partial charge in [0, 0.05) is 12.6 Å². The minimum absolute atomic E-state index is 0.627. The third-order valence-electron chi connectivity index (χ3n) is 2.28. The number of fused-ring (bicyclic) bond motifs is 2. The smallest absolute Gasteiger partial charge is 0.394 e. The number of hydrogen-bond donors (Lipinski definition) is 1. The Morgan fingerprint density at radius 2 is 1.62 bits per heavy atom. The molecule has 0 amide bonds. The molecule has 0 aromatic heterocycles. The molecule has 2 saturated heterocycles. The Hall–Kier alpha value is 0.628. The molecule has 0 saturated carbocycles. The molecule has 10 heteroatoms. The lowest BCUT2D eigenvalue weighted by atomic mass is 10.5. The molecule has 2 aliphatic rings. The molecule has 2 radical (unpaired) electrons. The molecule has 2 heterocycles. The second kappa shape index (κ2) is 4.72. The minimum atomic E-state index is -2.53.